The highest BCUT2D eigenvalue weighted by Gasteiger charge is 2.09. The number of pyridine rings is 1. The van der Waals surface area contributed by atoms with Crippen LogP contribution in [0.4, 0.5) is 0 Å². The molecule has 3 nitrogen and oxygen atoms in total. The van der Waals surface area contributed by atoms with Crippen LogP contribution < -0.4 is 4.74 Å². The van der Waals surface area contributed by atoms with Gasteiger partial charge in [-0.05, 0) is 36.4 Å². The van der Waals surface area contributed by atoms with Crippen LogP contribution in [0, 0.1) is 0 Å². The van der Waals surface area contributed by atoms with Gasteiger partial charge in [0.05, 0.1) is 16.8 Å². The highest BCUT2D eigenvalue weighted by molar-refractivity contribution is 5.92. The first kappa shape index (κ1) is 15.1. The van der Waals surface area contributed by atoms with Crippen LogP contribution in [-0.4, -0.2) is 11.0 Å². The average Bonchev–Trinajstić information content (AvgIpc) is 2.69. The molecule has 0 radical (unpaired) electrons. The van der Waals surface area contributed by atoms with Crippen molar-refractivity contribution in [3.63, 3.8) is 0 Å². The van der Waals surface area contributed by atoms with E-state index in [1.807, 2.05) is 72.8 Å². The van der Waals surface area contributed by atoms with Crippen molar-refractivity contribution >= 4 is 16.9 Å². The van der Waals surface area contributed by atoms with E-state index in [1.165, 1.54) is 0 Å². The molecule has 0 unspecified atom stereocenters. The molecule has 1 aromatic heterocycles. The summed E-state index contributed by atoms with van der Waals surface area (Å²) < 4.78 is 5.46. The van der Waals surface area contributed by atoms with Crippen LogP contribution in [0.15, 0.2) is 91.0 Å². The summed E-state index contributed by atoms with van der Waals surface area (Å²) >= 11 is 0. The summed E-state index contributed by atoms with van der Waals surface area (Å²) in [5, 5.41) is 0.929. The van der Waals surface area contributed by atoms with Crippen LogP contribution in [-0.2, 0) is 0 Å². The Morgan fingerprint density at radius 2 is 1.48 bits per heavy atom. The monoisotopic (exact) mass is 325 g/mol. The number of hydrogen-bond acceptors (Lipinski definition) is 3. The van der Waals surface area contributed by atoms with Gasteiger partial charge in [0.25, 0.3) is 0 Å². The molecular weight excluding hydrogens is 310 g/mol. The molecule has 0 N–H and O–H groups in total. The van der Waals surface area contributed by atoms with Gasteiger partial charge < -0.3 is 4.74 Å². The molecule has 25 heavy (non-hydrogen) atoms. The number of hydrogen-bond donors (Lipinski definition) is 0. The van der Waals surface area contributed by atoms with Gasteiger partial charge in [0.2, 0.25) is 0 Å². The molecule has 0 fully saturated rings. The molecule has 0 atom stereocenters. The second kappa shape index (κ2) is 6.57. The fourth-order valence-electron chi connectivity index (χ4n) is 2.68. The van der Waals surface area contributed by atoms with Gasteiger partial charge >= 0.3 is 5.97 Å². The Morgan fingerprint density at radius 1 is 0.760 bits per heavy atom. The lowest BCUT2D eigenvalue weighted by Crippen LogP contribution is -2.08. The molecule has 0 aliphatic carbocycles. The van der Waals surface area contributed by atoms with E-state index >= 15 is 0 Å². The molecule has 0 saturated carbocycles. The smallest absolute Gasteiger partial charge is 0.343 e. The van der Waals surface area contributed by atoms with E-state index in [-0.39, 0.29) is 5.97 Å². The number of ether oxygens (including phenoxy) is 1. The van der Waals surface area contributed by atoms with Gasteiger partial charge in [0.15, 0.2) is 0 Å². The molecule has 0 bridgehead atoms. The van der Waals surface area contributed by atoms with Gasteiger partial charge in [-0.1, -0.05) is 54.6 Å². The summed E-state index contributed by atoms with van der Waals surface area (Å²) in [5.41, 5.74) is 3.38. The number of nitrogens with zero attached hydrogens (tertiary/aromatic N) is 1. The van der Waals surface area contributed by atoms with Crippen LogP contribution in [0.3, 0.4) is 0 Å². The molecular formula is C22H15NO2. The number of benzene rings is 3. The number of aromatic nitrogens is 1. The Balaban J connectivity index is 1.62. The third-order valence-corrected chi connectivity index (χ3v) is 3.95. The first-order chi connectivity index (χ1) is 12.3. The number of esters is 1. The highest BCUT2D eigenvalue weighted by atomic mass is 16.5. The van der Waals surface area contributed by atoms with Crippen molar-refractivity contribution < 1.29 is 9.53 Å². The Labute approximate surface area is 145 Å². The number of carbonyl (C=O) groups is 1. The second-order valence-corrected chi connectivity index (χ2v) is 5.67. The molecule has 0 spiro atoms. The normalized spacial score (nSPS) is 10.6. The summed E-state index contributed by atoms with van der Waals surface area (Å²) in [6, 6.07) is 28.4. The van der Waals surface area contributed by atoms with Crippen molar-refractivity contribution in [2.24, 2.45) is 0 Å². The lowest BCUT2D eigenvalue weighted by molar-refractivity contribution is 0.0735. The van der Waals surface area contributed by atoms with Gasteiger partial charge in [-0.25, -0.2) is 9.78 Å². The zero-order valence-electron chi connectivity index (χ0n) is 13.4. The van der Waals surface area contributed by atoms with Crippen LogP contribution in [0.25, 0.3) is 22.2 Å². The second-order valence-electron chi connectivity index (χ2n) is 5.67. The first-order valence-corrected chi connectivity index (χ1v) is 8.03. The van der Waals surface area contributed by atoms with Gasteiger partial charge in [0.1, 0.15) is 5.75 Å². The van der Waals surface area contributed by atoms with Gasteiger partial charge in [-0.2, -0.15) is 0 Å². The van der Waals surface area contributed by atoms with Gasteiger partial charge in [-0.3, -0.25) is 0 Å². The molecule has 3 heteroatoms. The first-order valence-electron chi connectivity index (χ1n) is 8.03. The summed E-state index contributed by atoms with van der Waals surface area (Å²) in [7, 11) is 0. The zero-order valence-corrected chi connectivity index (χ0v) is 13.4. The quantitative estimate of drug-likeness (QED) is 0.387. The molecule has 4 rings (SSSR count). The summed E-state index contributed by atoms with van der Waals surface area (Å²) in [5.74, 6) is 0.143. The molecule has 120 valence electrons. The molecule has 3 aromatic carbocycles. The van der Waals surface area contributed by atoms with Crippen molar-refractivity contribution in [1.82, 2.24) is 4.98 Å². The minimum Gasteiger partial charge on any atom is -0.423 e. The summed E-state index contributed by atoms with van der Waals surface area (Å²) in [6.07, 6.45) is 0. The molecule has 0 aliphatic heterocycles. The van der Waals surface area contributed by atoms with E-state index in [4.69, 9.17) is 4.74 Å². The number of rotatable bonds is 3. The Kier molecular flexibility index (Phi) is 3.97. The van der Waals surface area contributed by atoms with Gasteiger partial charge in [0, 0.05) is 10.9 Å². The average molecular weight is 325 g/mol. The van der Waals surface area contributed by atoms with E-state index in [0.717, 1.165) is 22.2 Å². The lowest BCUT2D eigenvalue weighted by atomic mass is 10.1. The molecule has 1 heterocycles. The fraction of sp³-hybridized carbons (Fsp3) is 0. The predicted octanol–water partition coefficient (Wildman–Crippen LogP) is 5.12. The maximum absolute atomic E-state index is 12.2. The Bertz CT molecular complexity index is 1030. The largest absolute Gasteiger partial charge is 0.423 e. The summed E-state index contributed by atoms with van der Waals surface area (Å²) in [6.45, 7) is 0. The van der Waals surface area contributed by atoms with E-state index in [2.05, 4.69) is 4.98 Å². The van der Waals surface area contributed by atoms with E-state index in [1.54, 1.807) is 18.2 Å². The minimum atomic E-state index is -0.367. The fourth-order valence-corrected chi connectivity index (χ4v) is 2.68. The predicted molar refractivity (Wildman–Crippen MR) is 98.6 cm³/mol. The standard InChI is InChI=1S/C22H15NO2/c24-22(17-9-5-2-6-10-17)25-19-12-14-21-18(15-19)11-13-20(23-21)16-7-3-1-4-8-16/h1-15H. The van der Waals surface area contributed by atoms with Gasteiger partial charge in [-0.15, -0.1) is 0 Å². The highest BCUT2D eigenvalue weighted by Crippen LogP contribution is 2.24. The number of carbonyl (C=O) groups excluding carboxylic acids is 1. The van der Waals surface area contributed by atoms with Crippen LogP contribution >= 0.6 is 0 Å². The van der Waals surface area contributed by atoms with E-state index in [0.29, 0.717) is 11.3 Å². The van der Waals surface area contributed by atoms with Crippen LogP contribution in [0.1, 0.15) is 10.4 Å². The molecule has 0 aliphatic rings. The maximum atomic E-state index is 12.2. The van der Waals surface area contributed by atoms with Crippen molar-refractivity contribution in [2.45, 2.75) is 0 Å². The third-order valence-electron chi connectivity index (χ3n) is 3.95. The maximum Gasteiger partial charge on any atom is 0.343 e. The molecule has 0 saturated heterocycles. The molecule has 0 amide bonds. The van der Waals surface area contributed by atoms with Crippen LogP contribution in [0.5, 0.6) is 5.75 Å². The lowest BCUT2D eigenvalue weighted by Gasteiger charge is -2.07. The third kappa shape index (κ3) is 3.26. The van der Waals surface area contributed by atoms with Crippen molar-refractivity contribution in [3.8, 4) is 17.0 Å². The van der Waals surface area contributed by atoms with E-state index in [9.17, 15) is 4.79 Å². The van der Waals surface area contributed by atoms with E-state index < -0.39 is 0 Å². The number of fused-ring (bicyclic) bond motifs is 1. The molecule has 4 aromatic rings. The zero-order chi connectivity index (χ0) is 17.1. The Morgan fingerprint density at radius 3 is 2.24 bits per heavy atom. The van der Waals surface area contributed by atoms with Crippen molar-refractivity contribution in [1.29, 1.82) is 0 Å². The van der Waals surface area contributed by atoms with Crippen molar-refractivity contribution in [3.05, 3.63) is 96.6 Å². The topological polar surface area (TPSA) is 39.2 Å². The SMILES string of the molecule is O=C(Oc1ccc2nc(-c3ccccc3)ccc2c1)c1ccccc1. The minimum absolute atomic E-state index is 0.367. The van der Waals surface area contributed by atoms with Crippen LogP contribution in [0.2, 0.25) is 0 Å². The van der Waals surface area contributed by atoms with Crippen molar-refractivity contribution in [2.75, 3.05) is 0 Å². The Hall–Kier alpha value is -3.46. The summed E-state index contributed by atoms with van der Waals surface area (Å²) in [4.78, 5) is 16.8.